The summed E-state index contributed by atoms with van der Waals surface area (Å²) in [4.78, 5) is 14.8. The Morgan fingerprint density at radius 2 is 1.92 bits per heavy atom. The van der Waals surface area contributed by atoms with Crippen LogP contribution in [0.15, 0.2) is 42.5 Å². The van der Waals surface area contributed by atoms with Gasteiger partial charge in [0.25, 0.3) is 5.91 Å². The highest BCUT2D eigenvalue weighted by Crippen LogP contribution is 2.32. The van der Waals surface area contributed by atoms with Gasteiger partial charge in [-0.05, 0) is 49.1 Å². The number of para-hydroxylation sites is 1. The van der Waals surface area contributed by atoms with Crippen molar-refractivity contribution in [2.75, 3.05) is 30.4 Å². The summed E-state index contributed by atoms with van der Waals surface area (Å²) in [6, 6.07) is 12.8. The van der Waals surface area contributed by atoms with Gasteiger partial charge in [-0.25, -0.2) is 0 Å². The van der Waals surface area contributed by atoms with Crippen LogP contribution in [0.5, 0.6) is 5.75 Å². The summed E-state index contributed by atoms with van der Waals surface area (Å²) in [5.74, 6) is 1.10. The minimum absolute atomic E-state index is 0.215. The molecule has 1 N–H and O–H groups in total. The van der Waals surface area contributed by atoms with Gasteiger partial charge in [-0.15, -0.1) is 0 Å². The first-order chi connectivity index (χ1) is 12.1. The smallest absolute Gasteiger partial charge is 0.259 e. The van der Waals surface area contributed by atoms with Crippen LogP contribution in [-0.4, -0.2) is 26.1 Å². The normalized spacial score (nSPS) is 15.1. The van der Waals surface area contributed by atoms with Crippen LogP contribution in [-0.2, 0) is 0 Å². The number of amides is 1. The van der Waals surface area contributed by atoms with Crippen LogP contribution in [0.2, 0.25) is 5.02 Å². The van der Waals surface area contributed by atoms with Gasteiger partial charge in [-0.3, -0.25) is 4.79 Å². The van der Waals surface area contributed by atoms with Gasteiger partial charge in [0, 0.05) is 18.8 Å². The fourth-order valence-electron chi connectivity index (χ4n) is 3.12. The summed E-state index contributed by atoms with van der Waals surface area (Å²) >= 11 is 6.47. The van der Waals surface area contributed by atoms with E-state index in [9.17, 15) is 4.79 Å². The van der Waals surface area contributed by atoms with Crippen molar-refractivity contribution < 1.29 is 9.53 Å². The lowest BCUT2D eigenvalue weighted by Gasteiger charge is -2.32. The van der Waals surface area contributed by atoms with Crippen molar-refractivity contribution >= 4 is 28.9 Å². The SMILES string of the molecule is COc1ccccc1C(=O)Nc1ccc(N2CCC(C)CC2)c(Cl)c1. The maximum absolute atomic E-state index is 12.5. The van der Waals surface area contributed by atoms with Crippen molar-refractivity contribution in [3.63, 3.8) is 0 Å². The number of piperidine rings is 1. The Morgan fingerprint density at radius 1 is 1.20 bits per heavy atom. The number of methoxy groups -OCH3 is 1. The van der Waals surface area contributed by atoms with Crippen molar-refractivity contribution in [2.24, 2.45) is 5.92 Å². The second-order valence-corrected chi connectivity index (χ2v) is 6.90. The number of halogens is 1. The molecule has 0 radical (unpaired) electrons. The molecule has 0 aliphatic carbocycles. The molecule has 5 heteroatoms. The van der Waals surface area contributed by atoms with Gasteiger partial charge in [-0.1, -0.05) is 30.7 Å². The highest BCUT2D eigenvalue weighted by atomic mass is 35.5. The largest absolute Gasteiger partial charge is 0.496 e. The standard InChI is InChI=1S/C20H23ClN2O2/c1-14-9-11-23(12-10-14)18-8-7-15(13-17(18)21)22-20(24)16-5-3-4-6-19(16)25-2/h3-8,13-14H,9-12H2,1-2H3,(H,22,24). The summed E-state index contributed by atoms with van der Waals surface area (Å²) in [5, 5.41) is 3.55. The summed E-state index contributed by atoms with van der Waals surface area (Å²) in [5.41, 5.74) is 2.20. The van der Waals surface area contributed by atoms with E-state index in [0.717, 1.165) is 24.7 Å². The summed E-state index contributed by atoms with van der Waals surface area (Å²) in [6.07, 6.45) is 2.37. The molecule has 0 aromatic heterocycles. The monoisotopic (exact) mass is 358 g/mol. The van der Waals surface area contributed by atoms with Crippen molar-refractivity contribution in [1.29, 1.82) is 0 Å². The Bertz CT molecular complexity index is 755. The van der Waals surface area contributed by atoms with E-state index in [2.05, 4.69) is 17.1 Å². The van der Waals surface area contributed by atoms with Crippen molar-refractivity contribution in [2.45, 2.75) is 19.8 Å². The van der Waals surface area contributed by atoms with Gasteiger partial charge < -0.3 is 15.0 Å². The van der Waals surface area contributed by atoms with Crippen molar-refractivity contribution in [3.05, 3.63) is 53.1 Å². The Balaban J connectivity index is 1.73. The van der Waals surface area contributed by atoms with E-state index in [1.54, 1.807) is 19.2 Å². The third-order valence-electron chi connectivity index (χ3n) is 4.68. The zero-order chi connectivity index (χ0) is 17.8. The predicted octanol–water partition coefficient (Wildman–Crippen LogP) is 4.84. The zero-order valence-corrected chi connectivity index (χ0v) is 15.3. The second kappa shape index (κ2) is 7.79. The Kier molecular flexibility index (Phi) is 5.49. The lowest BCUT2D eigenvalue weighted by atomic mass is 9.99. The molecule has 1 amide bonds. The summed E-state index contributed by atoms with van der Waals surface area (Å²) in [6.45, 7) is 4.33. The molecule has 2 aromatic rings. The number of benzene rings is 2. The number of carbonyl (C=O) groups is 1. The highest BCUT2D eigenvalue weighted by molar-refractivity contribution is 6.33. The molecule has 0 bridgehead atoms. The van der Waals surface area contributed by atoms with Crippen LogP contribution in [0.4, 0.5) is 11.4 Å². The first-order valence-electron chi connectivity index (χ1n) is 8.57. The molecular formula is C20H23ClN2O2. The average molecular weight is 359 g/mol. The third-order valence-corrected chi connectivity index (χ3v) is 4.98. The number of hydrogen-bond donors (Lipinski definition) is 1. The van der Waals surface area contributed by atoms with E-state index < -0.39 is 0 Å². The molecule has 2 aromatic carbocycles. The van der Waals surface area contributed by atoms with E-state index in [1.807, 2.05) is 30.3 Å². The molecule has 4 nitrogen and oxygen atoms in total. The molecule has 3 rings (SSSR count). The highest BCUT2D eigenvalue weighted by Gasteiger charge is 2.18. The molecule has 0 spiro atoms. The van der Waals surface area contributed by atoms with E-state index >= 15 is 0 Å². The van der Waals surface area contributed by atoms with E-state index in [4.69, 9.17) is 16.3 Å². The Hall–Kier alpha value is -2.20. The zero-order valence-electron chi connectivity index (χ0n) is 14.6. The Labute approximate surface area is 153 Å². The van der Waals surface area contributed by atoms with Gasteiger partial charge in [0.2, 0.25) is 0 Å². The third kappa shape index (κ3) is 4.07. The number of nitrogens with zero attached hydrogens (tertiary/aromatic N) is 1. The van der Waals surface area contributed by atoms with Crippen LogP contribution in [0.25, 0.3) is 0 Å². The average Bonchev–Trinajstić information content (AvgIpc) is 2.63. The lowest BCUT2D eigenvalue weighted by Crippen LogP contribution is -2.32. The molecule has 0 unspecified atom stereocenters. The number of ether oxygens (including phenoxy) is 1. The number of nitrogens with one attached hydrogen (secondary N) is 1. The first-order valence-corrected chi connectivity index (χ1v) is 8.95. The minimum Gasteiger partial charge on any atom is -0.496 e. The summed E-state index contributed by atoms with van der Waals surface area (Å²) < 4.78 is 5.24. The molecule has 0 saturated carbocycles. The Morgan fingerprint density at radius 3 is 2.60 bits per heavy atom. The van der Waals surface area contributed by atoms with Crippen LogP contribution in [0.1, 0.15) is 30.1 Å². The second-order valence-electron chi connectivity index (χ2n) is 6.49. The van der Waals surface area contributed by atoms with Gasteiger partial charge in [0.05, 0.1) is 23.4 Å². The fourth-order valence-corrected chi connectivity index (χ4v) is 3.42. The molecule has 1 fully saturated rings. The molecule has 1 saturated heterocycles. The molecule has 1 aliphatic heterocycles. The molecular weight excluding hydrogens is 336 g/mol. The van der Waals surface area contributed by atoms with E-state index in [-0.39, 0.29) is 5.91 Å². The van der Waals surface area contributed by atoms with Crippen molar-refractivity contribution in [1.82, 2.24) is 0 Å². The maximum atomic E-state index is 12.5. The lowest BCUT2D eigenvalue weighted by molar-refractivity contribution is 0.102. The molecule has 1 heterocycles. The molecule has 25 heavy (non-hydrogen) atoms. The number of hydrogen-bond acceptors (Lipinski definition) is 3. The summed E-state index contributed by atoms with van der Waals surface area (Å²) in [7, 11) is 1.55. The van der Waals surface area contributed by atoms with Crippen LogP contribution in [0, 0.1) is 5.92 Å². The van der Waals surface area contributed by atoms with Gasteiger partial charge in [0.15, 0.2) is 0 Å². The number of anilines is 2. The van der Waals surface area contributed by atoms with E-state index in [1.165, 1.54) is 12.8 Å². The van der Waals surface area contributed by atoms with Crippen molar-refractivity contribution in [3.8, 4) is 5.75 Å². The molecule has 0 atom stereocenters. The number of carbonyl (C=O) groups excluding carboxylic acids is 1. The van der Waals surface area contributed by atoms with Crippen LogP contribution >= 0.6 is 11.6 Å². The van der Waals surface area contributed by atoms with E-state index in [0.29, 0.717) is 22.0 Å². The minimum atomic E-state index is -0.215. The topological polar surface area (TPSA) is 41.6 Å². The van der Waals surface area contributed by atoms with Crippen LogP contribution in [0.3, 0.4) is 0 Å². The number of rotatable bonds is 4. The quantitative estimate of drug-likeness (QED) is 0.850. The van der Waals surface area contributed by atoms with Gasteiger partial charge in [0.1, 0.15) is 5.75 Å². The fraction of sp³-hybridized carbons (Fsp3) is 0.350. The molecule has 132 valence electrons. The molecule has 1 aliphatic rings. The maximum Gasteiger partial charge on any atom is 0.259 e. The van der Waals surface area contributed by atoms with Crippen LogP contribution < -0.4 is 15.0 Å². The first kappa shape index (κ1) is 17.6. The van der Waals surface area contributed by atoms with Gasteiger partial charge in [-0.2, -0.15) is 0 Å². The van der Waals surface area contributed by atoms with Gasteiger partial charge >= 0.3 is 0 Å². The predicted molar refractivity (Wildman–Crippen MR) is 103 cm³/mol.